The second-order valence-corrected chi connectivity index (χ2v) is 8.31. The third-order valence-corrected chi connectivity index (χ3v) is 6.46. The largest absolute Gasteiger partial charge is 0.273 e. The summed E-state index contributed by atoms with van der Waals surface area (Å²) in [6.07, 6.45) is 3.38. The zero-order valence-corrected chi connectivity index (χ0v) is 18.0. The van der Waals surface area contributed by atoms with Crippen molar-refractivity contribution in [1.29, 1.82) is 0 Å². The van der Waals surface area contributed by atoms with E-state index in [1.165, 1.54) is 4.90 Å². The molecule has 4 rings (SSSR count). The molecule has 0 aliphatic carbocycles. The van der Waals surface area contributed by atoms with Gasteiger partial charge < -0.3 is 0 Å². The molecule has 2 saturated heterocycles. The molecule has 158 valence electrons. The Labute approximate surface area is 178 Å². The van der Waals surface area contributed by atoms with Crippen molar-refractivity contribution in [3.05, 3.63) is 60.2 Å². The zero-order valence-electron chi connectivity index (χ0n) is 18.0. The van der Waals surface area contributed by atoms with Gasteiger partial charge in [-0.25, -0.2) is 9.96 Å². The van der Waals surface area contributed by atoms with Crippen molar-refractivity contribution < 1.29 is 14.4 Å². The van der Waals surface area contributed by atoms with Crippen LogP contribution in [0.25, 0.3) is 0 Å². The summed E-state index contributed by atoms with van der Waals surface area (Å²) in [6, 6.07) is 17.2. The summed E-state index contributed by atoms with van der Waals surface area (Å²) < 4.78 is 0. The molecule has 2 aliphatic heterocycles. The van der Waals surface area contributed by atoms with E-state index in [9.17, 15) is 9.59 Å². The number of anilines is 2. The summed E-state index contributed by atoms with van der Waals surface area (Å²) >= 11 is 0. The SMILES string of the molecule is CCCCC(CC)C1C2C(=O)N(c3ccccc3C)C(=O)C2ON1c1ccccc1. The van der Waals surface area contributed by atoms with Gasteiger partial charge in [-0.3, -0.25) is 14.4 Å². The number of amides is 2. The van der Waals surface area contributed by atoms with Crippen molar-refractivity contribution in [3.8, 4) is 0 Å². The van der Waals surface area contributed by atoms with E-state index in [2.05, 4.69) is 13.8 Å². The Balaban J connectivity index is 1.73. The van der Waals surface area contributed by atoms with Crippen LogP contribution in [0.4, 0.5) is 11.4 Å². The van der Waals surface area contributed by atoms with Crippen LogP contribution < -0.4 is 9.96 Å². The van der Waals surface area contributed by atoms with Crippen molar-refractivity contribution in [2.45, 2.75) is 58.6 Å². The van der Waals surface area contributed by atoms with Crippen LogP contribution in [0.15, 0.2) is 54.6 Å². The zero-order chi connectivity index (χ0) is 21.3. The van der Waals surface area contributed by atoms with Gasteiger partial charge in [0.2, 0.25) is 5.91 Å². The Kier molecular flexibility index (Phi) is 5.91. The van der Waals surface area contributed by atoms with E-state index in [1.54, 1.807) is 0 Å². The highest BCUT2D eigenvalue weighted by Crippen LogP contribution is 2.44. The normalized spacial score (nSPS) is 24.4. The predicted octanol–water partition coefficient (Wildman–Crippen LogP) is 4.89. The van der Waals surface area contributed by atoms with Gasteiger partial charge in [0, 0.05) is 0 Å². The number of hydrogen-bond acceptors (Lipinski definition) is 4. The molecular formula is C25H30N2O3. The molecule has 4 atom stereocenters. The third kappa shape index (κ3) is 3.41. The Morgan fingerprint density at radius 1 is 0.967 bits per heavy atom. The van der Waals surface area contributed by atoms with Crippen molar-refractivity contribution in [2.24, 2.45) is 11.8 Å². The lowest BCUT2D eigenvalue weighted by Gasteiger charge is -2.34. The summed E-state index contributed by atoms with van der Waals surface area (Å²) in [6.45, 7) is 6.27. The van der Waals surface area contributed by atoms with E-state index in [1.807, 2.05) is 66.6 Å². The lowest BCUT2D eigenvalue weighted by Crippen LogP contribution is -2.44. The Bertz CT molecular complexity index is 914. The van der Waals surface area contributed by atoms with Gasteiger partial charge in [-0.1, -0.05) is 69.5 Å². The molecule has 5 nitrogen and oxygen atoms in total. The second kappa shape index (κ2) is 8.60. The molecule has 5 heteroatoms. The Morgan fingerprint density at radius 3 is 2.33 bits per heavy atom. The number of aryl methyl sites for hydroxylation is 1. The summed E-state index contributed by atoms with van der Waals surface area (Å²) in [4.78, 5) is 34.6. The third-order valence-electron chi connectivity index (χ3n) is 6.46. The van der Waals surface area contributed by atoms with Gasteiger partial charge in [0.25, 0.3) is 5.91 Å². The molecule has 4 unspecified atom stereocenters. The highest BCUT2D eigenvalue weighted by molar-refractivity contribution is 6.24. The van der Waals surface area contributed by atoms with Crippen LogP contribution >= 0.6 is 0 Å². The van der Waals surface area contributed by atoms with Crippen LogP contribution in [0.1, 0.15) is 45.1 Å². The maximum atomic E-state index is 13.6. The van der Waals surface area contributed by atoms with E-state index in [4.69, 9.17) is 4.84 Å². The summed E-state index contributed by atoms with van der Waals surface area (Å²) in [7, 11) is 0. The maximum Gasteiger partial charge on any atom is 0.266 e. The van der Waals surface area contributed by atoms with E-state index in [-0.39, 0.29) is 23.8 Å². The number of benzene rings is 2. The smallest absolute Gasteiger partial charge is 0.266 e. The van der Waals surface area contributed by atoms with Gasteiger partial charge in [-0.15, -0.1) is 0 Å². The van der Waals surface area contributed by atoms with E-state index < -0.39 is 12.0 Å². The molecule has 0 saturated carbocycles. The molecule has 30 heavy (non-hydrogen) atoms. The Morgan fingerprint density at radius 2 is 1.67 bits per heavy atom. The number of nitrogens with zero attached hydrogens (tertiary/aromatic N) is 2. The molecule has 0 aromatic heterocycles. The monoisotopic (exact) mass is 406 g/mol. The second-order valence-electron chi connectivity index (χ2n) is 8.31. The topological polar surface area (TPSA) is 49.9 Å². The Hall–Kier alpha value is -2.66. The summed E-state index contributed by atoms with van der Waals surface area (Å²) in [5.74, 6) is -0.612. The number of hydroxylamine groups is 1. The van der Waals surface area contributed by atoms with Gasteiger partial charge in [-0.05, 0) is 43.0 Å². The lowest BCUT2D eigenvalue weighted by molar-refractivity contribution is -0.126. The quantitative estimate of drug-likeness (QED) is 0.614. The number of carbonyl (C=O) groups is 2. The van der Waals surface area contributed by atoms with Gasteiger partial charge in [0.1, 0.15) is 0 Å². The average molecular weight is 407 g/mol. The molecule has 0 bridgehead atoms. The first-order valence-corrected chi connectivity index (χ1v) is 11.0. The number of para-hydroxylation sites is 2. The average Bonchev–Trinajstić information content (AvgIpc) is 3.27. The first-order chi connectivity index (χ1) is 14.6. The van der Waals surface area contributed by atoms with Crippen molar-refractivity contribution in [2.75, 3.05) is 9.96 Å². The number of carbonyl (C=O) groups excluding carboxylic acids is 2. The van der Waals surface area contributed by atoms with Crippen LogP contribution in [-0.2, 0) is 14.4 Å². The van der Waals surface area contributed by atoms with Gasteiger partial charge in [0.05, 0.1) is 23.3 Å². The summed E-state index contributed by atoms with van der Waals surface area (Å²) in [5.41, 5.74) is 2.47. The summed E-state index contributed by atoms with van der Waals surface area (Å²) in [5, 5.41) is 1.85. The number of imide groups is 1. The van der Waals surface area contributed by atoms with Crippen molar-refractivity contribution in [1.82, 2.24) is 0 Å². The van der Waals surface area contributed by atoms with Crippen LogP contribution in [-0.4, -0.2) is 24.0 Å². The number of unbranched alkanes of at least 4 members (excludes halogenated alkanes) is 1. The molecule has 0 radical (unpaired) electrons. The van der Waals surface area contributed by atoms with Gasteiger partial charge in [-0.2, -0.15) is 0 Å². The highest BCUT2D eigenvalue weighted by Gasteiger charge is 2.61. The number of hydrogen-bond donors (Lipinski definition) is 0. The van der Waals surface area contributed by atoms with Crippen LogP contribution in [0.5, 0.6) is 0 Å². The molecule has 0 N–H and O–H groups in total. The standard InChI is InChI=1S/C25H30N2O3/c1-4-6-13-18(5-2)22-21-23(30-27(22)19-14-8-7-9-15-19)25(29)26(24(21)28)20-16-11-10-12-17(20)3/h7-12,14-16,18,21-23H,4-6,13H2,1-3H3. The minimum Gasteiger partial charge on any atom is -0.273 e. The van der Waals surface area contributed by atoms with Gasteiger partial charge in [0.15, 0.2) is 6.10 Å². The van der Waals surface area contributed by atoms with E-state index in [0.29, 0.717) is 5.69 Å². The van der Waals surface area contributed by atoms with Crippen molar-refractivity contribution >= 4 is 23.2 Å². The van der Waals surface area contributed by atoms with Crippen LogP contribution in [0.3, 0.4) is 0 Å². The number of rotatable bonds is 7. The van der Waals surface area contributed by atoms with Crippen LogP contribution in [0.2, 0.25) is 0 Å². The molecule has 2 aromatic rings. The molecule has 2 amide bonds. The maximum absolute atomic E-state index is 13.6. The van der Waals surface area contributed by atoms with E-state index in [0.717, 1.165) is 36.9 Å². The van der Waals surface area contributed by atoms with E-state index >= 15 is 0 Å². The highest BCUT2D eigenvalue weighted by atomic mass is 16.7. The molecule has 2 aliphatic rings. The van der Waals surface area contributed by atoms with Gasteiger partial charge >= 0.3 is 0 Å². The molecular weight excluding hydrogens is 376 g/mol. The van der Waals surface area contributed by atoms with Crippen molar-refractivity contribution in [3.63, 3.8) is 0 Å². The lowest BCUT2D eigenvalue weighted by atomic mass is 9.82. The fourth-order valence-corrected chi connectivity index (χ4v) is 4.87. The van der Waals surface area contributed by atoms with Crippen LogP contribution in [0, 0.1) is 18.8 Å². The molecule has 2 aromatic carbocycles. The minimum absolute atomic E-state index is 0.141. The number of fused-ring (bicyclic) bond motifs is 1. The molecule has 2 heterocycles. The first-order valence-electron chi connectivity index (χ1n) is 11.0. The fraction of sp³-hybridized carbons (Fsp3) is 0.440. The predicted molar refractivity (Wildman–Crippen MR) is 118 cm³/mol. The molecule has 2 fully saturated rings. The first kappa shape index (κ1) is 20.6. The fourth-order valence-electron chi connectivity index (χ4n) is 4.87. The molecule has 0 spiro atoms. The minimum atomic E-state index is -0.766.